The molecule has 3 aromatic rings. The van der Waals surface area contributed by atoms with E-state index in [1.165, 1.54) is 5.56 Å². The Morgan fingerprint density at radius 2 is 2.12 bits per heavy atom. The molecule has 4 rings (SSSR count). The molecule has 1 aliphatic rings. The number of fused-ring (bicyclic) bond motifs is 5. The van der Waals surface area contributed by atoms with E-state index in [0.717, 1.165) is 27.9 Å². The van der Waals surface area contributed by atoms with Crippen LogP contribution in [0.1, 0.15) is 5.56 Å². The standard InChI is InChI=1S/C13H9N3O/c1-2-4-11-9(3-1)12-8(7-17-11)5-14-13-10(12)6-15-16-13/h1-6H,7H2,(H,14,15,16). The van der Waals surface area contributed by atoms with E-state index in [-0.39, 0.29) is 0 Å². The van der Waals surface area contributed by atoms with Gasteiger partial charge in [0.05, 0.1) is 6.20 Å². The summed E-state index contributed by atoms with van der Waals surface area (Å²) in [6, 6.07) is 8.06. The highest BCUT2D eigenvalue weighted by Crippen LogP contribution is 2.40. The van der Waals surface area contributed by atoms with Gasteiger partial charge in [0.15, 0.2) is 5.65 Å². The SMILES string of the molecule is c1ccc2c(c1)OCc1cnc3[nH]ncc3c1-2. The van der Waals surface area contributed by atoms with E-state index in [0.29, 0.717) is 6.61 Å². The zero-order valence-electron chi connectivity index (χ0n) is 8.97. The predicted molar refractivity (Wildman–Crippen MR) is 63.7 cm³/mol. The third kappa shape index (κ3) is 1.12. The van der Waals surface area contributed by atoms with Crippen molar-refractivity contribution in [3.63, 3.8) is 0 Å². The quantitative estimate of drug-likeness (QED) is 0.637. The topological polar surface area (TPSA) is 50.8 Å². The van der Waals surface area contributed by atoms with Gasteiger partial charge in [-0.25, -0.2) is 4.98 Å². The summed E-state index contributed by atoms with van der Waals surface area (Å²) in [6.45, 7) is 0.570. The zero-order valence-corrected chi connectivity index (χ0v) is 8.97. The van der Waals surface area contributed by atoms with Crippen LogP contribution >= 0.6 is 0 Å². The van der Waals surface area contributed by atoms with Crippen LogP contribution in [0.25, 0.3) is 22.2 Å². The highest BCUT2D eigenvalue weighted by Gasteiger charge is 2.20. The maximum Gasteiger partial charge on any atom is 0.155 e. The fourth-order valence-corrected chi connectivity index (χ4v) is 2.32. The van der Waals surface area contributed by atoms with Gasteiger partial charge in [-0.15, -0.1) is 0 Å². The summed E-state index contributed by atoms with van der Waals surface area (Å²) in [5.74, 6) is 0.925. The number of ether oxygens (including phenoxy) is 1. The number of pyridine rings is 1. The van der Waals surface area contributed by atoms with Crippen LogP contribution in [-0.4, -0.2) is 15.2 Å². The maximum atomic E-state index is 5.70. The van der Waals surface area contributed by atoms with Gasteiger partial charge in [-0.2, -0.15) is 5.10 Å². The lowest BCUT2D eigenvalue weighted by Gasteiger charge is -2.20. The van der Waals surface area contributed by atoms with Crippen molar-refractivity contribution < 1.29 is 4.74 Å². The van der Waals surface area contributed by atoms with Crippen molar-refractivity contribution in [2.24, 2.45) is 0 Å². The number of para-hydroxylation sites is 1. The molecule has 0 spiro atoms. The van der Waals surface area contributed by atoms with Crippen molar-refractivity contribution in [3.05, 3.63) is 42.2 Å². The highest BCUT2D eigenvalue weighted by molar-refractivity contribution is 5.96. The lowest BCUT2D eigenvalue weighted by atomic mass is 9.96. The van der Waals surface area contributed by atoms with Gasteiger partial charge in [-0.1, -0.05) is 18.2 Å². The number of aromatic amines is 1. The second-order valence-electron chi connectivity index (χ2n) is 4.08. The van der Waals surface area contributed by atoms with Crippen molar-refractivity contribution >= 4 is 11.0 Å². The highest BCUT2D eigenvalue weighted by atomic mass is 16.5. The van der Waals surface area contributed by atoms with E-state index < -0.39 is 0 Å². The summed E-state index contributed by atoms with van der Waals surface area (Å²) < 4.78 is 5.70. The van der Waals surface area contributed by atoms with Crippen LogP contribution in [0.5, 0.6) is 5.75 Å². The van der Waals surface area contributed by atoms with Crippen molar-refractivity contribution in [3.8, 4) is 16.9 Å². The van der Waals surface area contributed by atoms with Crippen molar-refractivity contribution in [2.45, 2.75) is 6.61 Å². The Morgan fingerprint density at radius 3 is 3.12 bits per heavy atom. The summed E-state index contributed by atoms with van der Waals surface area (Å²) in [5, 5.41) is 8.01. The molecule has 0 saturated heterocycles. The third-order valence-corrected chi connectivity index (χ3v) is 3.10. The fraction of sp³-hybridized carbons (Fsp3) is 0.0769. The molecule has 4 nitrogen and oxygen atoms in total. The van der Waals surface area contributed by atoms with Crippen molar-refractivity contribution in [1.82, 2.24) is 15.2 Å². The molecule has 0 radical (unpaired) electrons. The second kappa shape index (κ2) is 3.07. The third-order valence-electron chi connectivity index (χ3n) is 3.10. The predicted octanol–water partition coefficient (Wildman–Crippen LogP) is 2.52. The van der Waals surface area contributed by atoms with Crippen LogP contribution in [0.15, 0.2) is 36.7 Å². The first-order chi connectivity index (χ1) is 8.43. The van der Waals surface area contributed by atoms with Gasteiger partial charge >= 0.3 is 0 Å². The Kier molecular flexibility index (Phi) is 1.58. The Bertz CT molecular complexity index is 718. The van der Waals surface area contributed by atoms with Crippen LogP contribution < -0.4 is 4.74 Å². The van der Waals surface area contributed by atoms with Gasteiger partial charge in [-0.05, 0) is 6.07 Å². The molecule has 0 unspecified atom stereocenters. The van der Waals surface area contributed by atoms with E-state index in [1.807, 2.05) is 30.6 Å². The van der Waals surface area contributed by atoms with Crippen LogP contribution in [-0.2, 0) is 6.61 Å². The van der Waals surface area contributed by atoms with Gasteiger partial charge in [0.2, 0.25) is 0 Å². The first-order valence-electron chi connectivity index (χ1n) is 5.46. The molecule has 0 aliphatic carbocycles. The van der Waals surface area contributed by atoms with E-state index >= 15 is 0 Å². The minimum absolute atomic E-state index is 0.570. The molecular formula is C13H9N3O. The van der Waals surface area contributed by atoms with E-state index in [9.17, 15) is 0 Å². The molecule has 0 saturated carbocycles. The average Bonchev–Trinajstić information content (AvgIpc) is 2.86. The number of nitrogens with one attached hydrogen (secondary N) is 1. The molecule has 1 N–H and O–H groups in total. The van der Waals surface area contributed by atoms with Gasteiger partial charge in [0, 0.05) is 28.3 Å². The van der Waals surface area contributed by atoms with Crippen LogP contribution in [0.3, 0.4) is 0 Å². The lowest BCUT2D eigenvalue weighted by Crippen LogP contribution is -2.06. The van der Waals surface area contributed by atoms with Crippen molar-refractivity contribution in [1.29, 1.82) is 0 Å². The van der Waals surface area contributed by atoms with E-state index in [4.69, 9.17) is 4.74 Å². The molecule has 17 heavy (non-hydrogen) atoms. The lowest BCUT2D eigenvalue weighted by molar-refractivity contribution is 0.302. The van der Waals surface area contributed by atoms with Crippen LogP contribution in [0.2, 0.25) is 0 Å². The average molecular weight is 223 g/mol. The molecule has 2 aromatic heterocycles. The molecular weight excluding hydrogens is 214 g/mol. The van der Waals surface area contributed by atoms with Crippen LogP contribution in [0.4, 0.5) is 0 Å². The minimum atomic E-state index is 0.570. The monoisotopic (exact) mass is 223 g/mol. The number of hydrogen-bond acceptors (Lipinski definition) is 3. The Hall–Kier alpha value is -2.36. The van der Waals surface area contributed by atoms with E-state index in [1.54, 1.807) is 0 Å². The Morgan fingerprint density at radius 1 is 1.18 bits per heavy atom. The molecule has 0 bridgehead atoms. The first-order valence-corrected chi connectivity index (χ1v) is 5.46. The second-order valence-corrected chi connectivity index (χ2v) is 4.08. The molecule has 1 aromatic carbocycles. The largest absolute Gasteiger partial charge is 0.488 e. The van der Waals surface area contributed by atoms with Gasteiger partial charge in [0.1, 0.15) is 12.4 Å². The summed E-state index contributed by atoms with van der Waals surface area (Å²) >= 11 is 0. The Labute approximate surface area is 97.3 Å². The Balaban J connectivity index is 2.16. The zero-order chi connectivity index (χ0) is 11.2. The molecule has 3 heterocycles. The molecule has 0 amide bonds. The normalized spacial score (nSPS) is 12.9. The summed E-state index contributed by atoms with van der Waals surface area (Å²) in [5.41, 5.74) is 4.23. The van der Waals surface area contributed by atoms with Crippen LogP contribution in [0, 0.1) is 0 Å². The van der Waals surface area contributed by atoms with Gasteiger partial charge in [0.25, 0.3) is 0 Å². The molecule has 4 heteroatoms. The van der Waals surface area contributed by atoms with Gasteiger partial charge in [-0.3, -0.25) is 5.10 Å². The van der Waals surface area contributed by atoms with E-state index in [2.05, 4.69) is 21.2 Å². The smallest absolute Gasteiger partial charge is 0.155 e. The number of aromatic nitrogens is 3. The number of H-pyrrole nitrogens is 1. The first kappa shape index (κ1) is 8.75. The molecule has 0 atom stereocenters. The molecule has 82 valence electrons. The molecule has 0 fully saturated rings. The number of nitrogens with zero attached hydrogens (tertiary/aromatic N) is 2. The number of rotatable bonds is 0. The number of benzene rings is 1. The summed E-state index contributed by atoms with van der Waals surface area (Å²) in [4.78, 5) is 4.33. The number of hydrogen-bond donors (Lipinski definition) is 1. The fourth-order valence-electron chi connectivity index (χ4n) is 2.32. The maximum absolute atomic E-state index is 5.70. The molecule has 1 aliphatic heterocycles. The van der Waals surface area contributed by atoms with Crippen molar-refractivity contribution in [2.75, 3.05) is 0 Å². The summed E-state index contributed by atoms with van der Waals surface area (Å²) in [6.07, 6.45) is 3.68. The van der Waals surface area contributed by atoms with Gasteiger partial charge < -0.3 is 4.74 Å². The summed E-state index contributed by atoms with van der Waals surface area (Å²) in [7, 11) is 0. The minimum Gasteiger partial charge on any atom is -0.488 e.